The summed E-state index contributed by atoms with van der Waals surface area (Å²) in [6.45, 7) is 5.43. The van der Waals surface area contributed by atoms with Crippen molar-refractivity contribution in [3.05, 3.63) is 6.33 Å². The zero-order valence-corrected chi connectivity index (χ0v) is 11.0. The Morgan fingerprint density at radius 2 is 2.28 bits per heavy atom. The van der Waals surface area contributed by atoms with Crippen molar-refractivity contribution in [1.82, 2.24) is 25.5 Å². The van der Waals surface area contributed by atoms with Gasteiger partial charge in [0.15, 0.2) is 0 Å². The first-order valence-electron chi connectivity index (χ1n) is 6.39. The van der Waals surface area contributed by atoms with Gasteiger partial charge in [0.2, 0.25) is 5.91 Å². The van der Waals surface area contributed by atoms with E-state index in [9.17, 15) is 4.79 Å². The predicted molar refractivity (Wildman–Crippen MR) is 67.5 cm³/mol. The summed E-state index contributed by atoms with van der Waals surface area (Å²) in [4.78, 5) is 11.7. The van der Waals surface area contributed by atoms with Crippen molar-refractivity contribution < 1.29 is 4.79 Å². The van der Waals surface area contributed by atoms with E-state index in [0.29, 0.717) is 6.54 Å². The van der Waals surface area contributed by atoms with Gasteiger partial charge in [-0.25, -0.2) is 4.68 Å². The van der Waals surface area contributed by atoms with Crippen LogP contribution in [0.25, 0.3) is 0 Å². The SMILES string of the molecule is CCC(C)[C@H](N)C(=O)NCCCCn1cnnn1. The van der Waals surface area contributed by atoms with E-state index in [0.717, 1.165) is 25.8 Å². The van der Waals surface area contributed by atoms with Crippen molar-refractivity contribution in [2.45, 2.75) is 45.7 Å². The van der Waals surface area contributed by atoms with Crippen molar-refractivity contribution in [2.24, 2.45) is 11.7 Å². The van der Waals surface area contributed by atoms with Gasteiger partial charge in [0.1, 0.15) is 6.33 Å². The van der Waals surface area contributed by atoms with Gasteiger partial charge in [-0.15, -0.1) is 5.10 Å². The van der Waals surface area contributed by atoms with Crippen LogP contribution in [0.1, 0.15) is 33.1 Å². The van der Waals surface area contributed by atoms with Crippen molar-refractivity contribution >= 4 is 5.91 Å². The van der Waals surface area contributed by atoms with E-state index in [1.807, 2.05) is 13.8 Å². The Bertz CT molecular complexity index is 339. The minimum absolute atomic E-state index is 0.0632. The number of unbranched alkanes of at least 4 members (excludes halogenated alkanes) is 1. The van der Waals surface area contributed by atoms with E-state index in [1.54, 1.807) is 11.0 Å². The molecule has 0 aliphatic carbocycles. The Morgan fingerprint density at radius 1 is 1.50 bits per heavy atom. The van der Waals surface area contributed by atoms with Crippen LogP contribution in [-0.4, -0.2) is 38.7 Å². The van der Waals surface area contributed by atoms with Crippen molar-refractivity contribution in [3.8, 4) is 0 Å². The number of amides is 1. The number of tetrazole rings is 1. The summed E-state index contributed by atoms with van der Waals surface area (Å²) >= 11 is 0. The number of aromatic nitrogens is 4. The molecule has 1 amide bonds. The predicted octanol–water partition coefficient (Wildman–Crippen LogP) is -0.0571. The molecular weight excluding hydrogens is 232 g/mol. The fourth-order valence-electron chi connectivity index (χ4n) is 1.52. The third-order valence-electron chi connectivity index (χ3n) is 3.06. The molecule has 1 aromatic heterocycles. The van der Waals surface area contributed by atoms with Crippen LogP contribution in [0.2, 0.25) is 0 Å². The summed E-state index contributed by atoms with van der Waals surface area (Å²) in [5, 5.41) is 13.7. The highest BCUT2D eigenvalue weighted by Crippen LogP contribution is 2.04. The maximum absolute atomic E-state index is 11.7. The third-order valence-corrected chi connectivity index (χ3v) is 3.06. The van der Waals surface area contributed by atoms with Gasteiger partial charge in [-0.2, -0.15) is 0 Å². The number of carbonyl (C=O) groups excluding carboxylic acids is 1. The topological polar surface area (TPSA) is 98.7 Å². The lowest BCUT2D eigenvalue weighted by Gasteiger charge is -2.17. The molecule has 0 bridgehead atoms. The molecule has 0 aliphatic heterocycles. The number of nitrogens with two attached hydrogens (primary N) is 1. The maximum Gasteiger partial charge on any atom is 0.237 e. The first-order chi connectivity index (χ1) is 8.65. The molecule has 0 spiro atoms. The summed E-state index contributed by atoms with van der Waals surface area (Å²) in [5.41, 5.74) is 5.82. The molecule has 2 atom stereocenters. The number of nitrogens with one attached hydrogen (secondary N) is 1. The van der Waals surface area contributed by atoms with Crippen molar-refractivity contribution in [3.63, 3.8) is 0 Å². The van der Waals surface area contributed by atoms with Crippen LogP contribution in [0.4, 0.5) is 0 Å². The summed E-state index contributed by atoms with van der Waals surface area (Å²) in [6.07, 6.45) is 4.30. The zero-order valence-electron chi connectivity index (χ0n) is 11.0. The second-order valence-electron chi connectivity index (χ2n) is 4.48. The quantitative estimate of drug-likeness (QED) is 0.633. The molecule has 1 heterocycles. The number of aryl methyl sites for hydroxylation is 1. The van der Waals surface area contributed by atoms with Gasteiger partial charge in [-0.1, -0.05) is 20.3 Å². The first-order valence-corrected chi connectivity index (χ1v) is 6.39. The average molecular weight is 254 g/mol. The normalized spacial score (nSPS) is 14.2. The minimum atomic E-state index is -0.408. The summed E-state index contributed by atoms with van der Waals surface area (Å²) in [6, 6.07) is -0.408. The van der Waals surface area contributed by atoms with E-state index >= 15 is 0 Å². The molecule has 0 fully saturated rings. The summed E-state index contributed by atoms with van der Waals surface area (Å²) < 4.78 is 1.67. The molecule has 7 nitrogen and oxygen atoms in total. The fourth-order valence-corrected chi connectivity index (χ4v) is 1.52. The molecule has 0 aromatic carbocycles. The van der Waals surface area contributed by atoms with Gasteiger partial charge in [0, 0.05) is 13.1 Å². The van der Waals surface area contributed by atoms with Crippen LogP contribution in [0.15, 0.2) is 6.33 Å². The molecule has 1 rings (SSSR count). The zero-order chi connectivity index (χ0) is 13.4. The van der Waals surface area contributed by atoms with Crippen LogP contribution in [0, 0.1) is 5.92 Å². The molecule has 3 N–H and O–H groups in total. The van der Waals surface area contributed by atoms with Crippen LogP contribution in [0.3, 0.4) is 0 Å². The van der Waals surface area contributed by atoms with E-state index < -0.39 is 6.04 Å². The standard InChI is InChI=1S/C11H22N6O/c1-3-9(2)10(12)11(18)13-6-4-5-7-17-8-14-15-16-17/h8-10H,3-7,12H2,1-2H3,(H,13,18)/t9?,10-/m0/s1. The molecule has 1 aromatic rings. The van der Waals surface area contributed by atoms with E-state index in [4.69, 9.17) is 5.73 Å². The number of carbonyl (C=O) groups is 1. The van der Waals surface area contributed by atoms with Crippen molar-refractivity contribution in [1.29, 1.82) is 0 Å². The Balaban J connectivity index is 2.08. The van der Waals surface area contributed by atoms with E-state index in [-0.39, 0.29) is 11.8 Å². The Hall–Kier alpha value is -1.50. The lowest BCUT2D eigenvalue weighted by Crippen LogP contribution is -2.44. The van der Waals surface area contributed by atoms with Gasteiger partial charge in [0.25, 0.3) is 0 Å². The van der Waals surface area contributed by atoms with Gasteiger partial charge in [-0.05, 0) is 29.2 Å². The molecular formula is C11H22N6O. The highest BCUT2D eigenvalue weighted by atomic mass is 16.2. The molecule has 102 valence electrons. The molecule has 0 aliphatic rings. The van der Waals surface area contributed by atoms with Crippen LogP contribution in [0.5, 0.6) is 0 Å². The minimum Gasteiger partial charge on any atom is -0.355 e. The molecule has 7 heteroatoms. The van der Waals surface area contributed by atoms with E-state index in [2.05, 4.69) is 20.8 Å². The molecule has 0 saturated carbocycles. The highest BCUT2D eigenvalue weighted by Gasteiger charge is 2.18. The van der Waals surface area contributed by atoms with Crippen LogP contribution >= 0.6 is 0 Å². The average Bonchev–Trinajstić information content (AvgIpc) is 2.89. The first kappa shape index (κ1) is 14.6. The molecule has 0 radical (unpaired) electrons. The lowest BCUT2D eigenvalue weighted by atomic mass is 9.99. The molecule has 0 saturated heterocycles. The molecule has 18 heavy (non-hydrogen) atoms. The fraction of sp³-hybridized carbons (Fsp3) is 0.818. The van der Waals surface area contributed by atoms with Gasteiger partial charge < -0.3 is 11.1 Å². The smallest absolute Gasteiger partial charge is 0.237 e. The number of hydrogen-bond acceptors (Lipinski definition) is 5. The van der Waals surface area contributed by atoms with E-state index in [1.165, 1.54) is 0 Å². The highest BCUT2D eigenvalue weighted by molar-refractivity contribution is 5.81. The largest absolute Gasteiger partial charge is 0.355 e. The lowest BCUT2D eigenvalue weighted by molar-refractivity contribution is -0.123. The summed E-state index contributed by atoms with van der Waals surface area (Å²) in [7, 11) is 0. The van der Waals surface area contributed by atoms with Gasteiger partial charge in [0.05, 0.1) is 6.04 Å². The number of hydrogen-bond donors (Lipinski definition) is 2. The second kappa shape index (κ2) is 7.75. The molecule has 1 unspecified atom stereocenters. The van der Waals surface area contributed by atoms with Crippen LogP contribution < -0.4 is 11.1 Å². The monoisotopic (exact) mass is 254 g/mol. The Kier molecular flexibility index (Phi) is 6.27. The van der Waals surface area contributed by atoms with Gasteiger partial charge in [-0.3, -0.25) is 4.79 Å². The number of rotatable bonds is 8. The third kappa shape index (κ3) is 4.79. The summed E-state index contributed by atoms with van der Waals surface area (Å²) in [5.74, 6) is 0.151. The van der Waals surface area contributed by atoms with Gasteiger partial charge >= 0.3 is 0 Å². The van der Waals surface area contributed by atoms with Crippen LogP contribution in [-0.2, 0) is 11.3 Å². The Morgan fingerprint density at radius 3 is 2.89 bits per heavy atom. The van der Waals surface area contributed by atoms with Crippen molar-refractivity contribution in [2.75, 3.05) is 6.54 Å². The Labute approximate surface area is 107 Å². The maximum atomic E-state index is 11.7. The second-order valence-corrected chi connectivity index (χ2v) is 4.48. The number of nitrogens with zero attached hydrogens (tertiary/aromatic N) is 4.